The van der Waals surface area contributed by atoms with Gasteiger partial charge in [-0.1, -0.05) is 30.3 Å². The normalized spacial score (nSPS) is 14.9. The molecule has 2 aromatic rings. The average molecular weight is 371 g/mol. The smallest absolute Gasteiger partial charge is 0.315 e. The first-order chi connectivity index (χ1) is 13.1. The summed E-state index contributed by atoms with van der Waals surface area (Å²) in [5, 5.41) is 5.72. The van der Waals surface area contributed by atoms with Crippen LogP contribution in [0.4, 0.5) is 9.18 Å². The highest BCUT2D eigenvalue weighted by atomic mass is 19.1. The van der Waals surface area contributed by atoms with Crippen LogP contribution in [-0.4, -0.2) is 37.7 Å². The Hall–Kier alpha value is -2.60. The predicted octanol–water partition coefficient (Wildman–Crippen LogP) is 3.25. The highest BCUT2D eigenvalue weighted by Gasteiger charge is 2.16. The fourth-order valence-corrected chi connectivity index (χ4v) is 3.36. The lowest BCUT2D eigenvalue weighted by Crippen LogP contribution is -2.42. The third-order valence-corrected chi connectivity index (χ3v) is 4.95. The molecule has 0 aliphatic carbocycles. The molecular formula is C21H26FN3O2. The topological polar surface area (TPSA) is 53.6 Å². The van der Waals surface area contributed by atoms with Crippen molar-refractivity contribution in [3.8, 4) is 5.75 Å². The Morgan fingerprint density at radius 3 is 2.78 bits per heavy atom. The summed E-state index contributed by atoms with van der Waals surface area (Å²) in [6.07, 6.45) is 1.04. The van der Waals surface area contributed by atoms with Crippen LogP contribution in [0.3, 0.4) is 0 Å². The van der Waals surface area contributed by atoms with Gasteiger partial charge in [-0.3, -0.25) is 4.90 Å². The quantitative estimate of drug-likeness (QED) is 0.820. The number of urea groups is 1. The van der Waals surface area contributed by atoms with Gasteiger partial charge in [0.05, 0.1) is 13.2 Å². The number of ether oxygens (including phenoxy) is 1. The SMILES string of the molecule is COc1ccc(C(C)NC(=O)NCCN2CCc3ccccc3C2)cc1F. The second-order valence-electron chi connectivity index (χ2n) is 6.81. The monoisotopic (exact) mass is 371 g/mol. The summed E-state index contributed by atoms with van der Waals surface area (Å²) in [6, 6.07) is 12.6. The van der Waals surface area contributed by atoms with Crippen LogP contribution in [0.15, 0.2) is 42.5 Å². The third kappa shape index (κ3) is 4.98. The Balaban J connectivity index is 1.43. The minimum atomic E-state index is -0.436. The van der Waals surface area contributed by atoms with E-state index in [1.807, 2.05) is 6.92 Å². The lowest BCUT2D eigenvalue weighted by molar-refractivity contribution is 0.228. The van der Waals surface area contributed by atoms with Crippen LogP contribution in [0.2, 0.25) is 0 Å². The van der Waals surface area contributed by atoms with Gasteiger partial charge in [0.1, 0.15) is 0 Å². The molecule has 0 saturated heterocycles. The molecule has 3 rings (SSSR count). The van der Waals surface area contributed by atoms with E-state index in [-0.39, 0.29) is 17.8 Å². The Morgan fingerprint density at radius 2 is 2.04 bits per heavy atom. The molecule has 1 heterocycles. The van der Waals surface area contributed by atoms with Crippen LogP contribution >= 0.6 is 0 Å². The van der Waals surface area contributed by atoms with E-state index in [9.17, 15) is 9.18 Å². The van der Waals surface area contributed by atoms with Crippen LogP contribution in [0.1, 0.15) is 29.7 Å². The fourth-order valence-electron chi connectivity index (χ4n) is 3.36. The van der Waals surface area contributed by atoms with Gasteiger partial charge in [-0.15, -0.1) is 0 Å². The van der Waals surface area contributed by atoms with E-state index in [0.717, 1.165) is 26.1 Å². The van der Waals surface area contributed by atoms with Gasteiger partial charge in [0.25, 0.3) is 0 Å². The summed E-state index contributed by atoms with van der Waals surface area (Å²) in [5.41, 5.74) is 3.47. The molecule has 27 heavy (non-hydrogen) atoms. The van der Waals surface area contributed by atoms with E-state index in [1.165, 1.54) is 24.3 Å². The van der Waals surface area contributed by atoms with Crippen molar-refractivity contribution < 1.29 is 13.9 Å². The molecular weight excluding hydrogens is 345 g/mol. The van der Waals surface area contributed by atoms with Crippen molar-refractivity contribution in [3.63, 3.8) is 0 Å². The molecule has 144 valence electrons. The maximum atomic E-state index is 13.8. The van der Waals surface area contributed by atoms with Crippen LogP contribution in [0, 0.1) is 5.82 Å². The van der Waals surface area contributed by atoms with Gasteiger partial charge >= 0.3 is 6.03 Å². The van der Waals surface area contributed by atoms with Gasteiger partial charge in [-0.05, 0) is 42.2 Å². The first kappa shape index (κ1) is 19.2. The van der Waals surface area contributed by atoms with Gasteiger partial charge in [-0.25, -0.2) is 9.18 Å². The number of rotatable bonds is 6. The van der Waals surface area contributed by atoms with Crippen molar-refractivity contribution >= 4 is 6.03 Å². The maximum absolute atomic E-state index is 13.8. The van der Waals surface area contributed by atoms with Crippen LogP contribution < -0.4 is 15.4 Å². The van der Waals surface area contributed by atoms with Crippen molar-refractivity contribution in [3.05, 3.63) is 65.0 Å². The highest BCUT2D eigenvalue weighted by molar-refractivity contribution is 5.74. The largest absolute Gasteiger partial charge is 0.494 e. The van der Waals surface area contributed by atoms with E-state index in [4.69, 9.17) is 4.74 Å². The number of carbonyl (C=O) groups is 1. The summed E-state index contributed by atoms with van der Waals surface area (Å²) in [6.45, 7) is 5.11. The highest BCUT2D eigenvalue weighted by Crippen LogP contribution is 2.21. The summed E-state index contributed by atoms with van der Waals surface area (Å²) in [5.74, 6) is -0.243. The zero-order valence-electron chi connectivity index (χ0n) is 15.8. The van der Waals surface area contributed by atoms with Crippen LogP contribution in [0.5, 0.6) is 5.75 Å². The summed E-state index contributed by atoms with van der Waals surface area (Å²) in [4.78, 5) is 14.5. The molecule has 1 aliphatic heterocycles. The number of nitrogens with zero attached hydrogens (tertiary/aromatic N) is 1. The molecule has 1 unspecified atom stereocenters. The third-order valence-electron chi connectivity index (χ3n) is 4.95. The van der Waals surface area contributed by atoms with Crippen LogP contribution in [0.25, 0.3) is 0 Å². The number of halogens is 1. The lowest BCUT2D eigenvalue weighted by atomic mass is 10.00. The van der Waals surface area contributed by atoms with Gasteiger partial charge in [-0.2, -0.15) is 0 Å². The predicted molar refractivity (Wildman–Crippen MR) is 103 cm³/mol. The minimum Gasteiger partial charge on any atom is -0.494 e. The van der Waals surface area contributed by atoms with E-state index in [0.29, 0.717) is 12.1 Å². The summed E-state index contributed by atoms with van der Waals surface area (Å²) < 4.78 is 18.7. The molecule has 2 amide bonds. The molecule has 0 saturated carbocycles. The zero-order chi connectivity index (χ0) is 19.2. The van der Waals surface area contributed by atoms with E-state index in [2.05, 4.69) is 39.8 Å². The molecule has 0 spiro atoms. The first-order valence-corrected chi connectivity index (χ1v) is 9.23. The van der Waals surface area contributed by atoms with E-state index in [1.54, 1.807) is 12.1 Å². The van der Waals surface area contributed by atoms with E-state index < -0.39 is 5.82 Å². The second kappa shape index (κ2) is 8.86. The second-order valence-corrected chi connectivity index (χ2v) is 6.81. The average Bonchev–Trinajstić information content (AvgIpc) is 2.67. The van der Waals surface area contributed by atoms with Gasteiger partial charge in [0.2, 0.25) is 0 Å². The molecule has 1 aliphatic rings. The molecule has 2 N–H and O–H groups in total. The molecule has 1 atom stereocenters. The number of hydrogen-bond donors (Lipinski definition) is 2. The maximum Gasteiger partial charge on any atom is 0.315 e. The molecule has 0 bridgehead atoms. The van der Waals surface area contributed by atoms with E-state index >= 15 is 0 Å². The number of fused-ring (bicyclic) bond motifs is 1. The Morgan fingerprint density at radius 1 is 1.26 bits per heavy atom. The number of amides is 2. The molecule has 2 aromatic carbocycles. The molecule has 6 heteroatoms. The minimum absolute atomic E-state index is 0.193. The number of nitrogens with one attached hydrogen (secondary N) is 2. The lowest BCUT2D eigenvalue weighted by Gasteiger charge is -2.28. The number of benzene rings is 2. The van der Waals surface area contributed by atoms with Crippen molar-refractivity contribution in [2.45, 2.75) is 25.9 Å². The van der Waals surface area contributed by atoms with Crippen molar-refractivity contribution in [2.75, 3.05) is 26.7 Å². The van der Waals surface area contributed by atoms with Crippen molar-refractivity contribution in [1.29, 1.82) is 0 Å². The summed E-state index contributed by atoms with van der Waals surface area (Å²) in [7, 11) is 1.42. The Bertz CT molecular complexity index is 797. The van der Waals surface area contributed by atoms with Crippen molar-refractivity contribution in [2.24, 2.45) is 0 Å². The van der Waals surface area contributed by atoms with Crippen LogP contribution in [-0.2, 0) is 13.0 Å². The van der Waals surface area contributed by atoms with Gasteiger partial charge in [0, 0.05) is 26.2 Å². The number of hydrogen-bond acceptors (Lipinski definition) is 3. The Labute approximate surface area is 159 Å². The Kier molecular flexibility index (Phi) is 6.29. The molecule has 0 aromatic heterocycles. The standard InChI is InChI=1S/C21H26FN3O2/c1-15(17-7-8-20(27-2)19(22)13-17)24-21(26)23-10-12-25-11-9-16-5-3-4-6-18(16)14-25/h3-8,13,15H,9-12,14H2,1-2H3,(H2,23,24,26). The molecule has 0 fully saturated rings. The number of carbonyl (C=O) groups excluding carboxylic acids is 1. The molecule has 0 radical (unpaired) electrons. The summed E-state index contributed by atoms with van der Waals surface area (Å²) >= 11 is 0. The van der Waals surface area contributed by atoms with Gasteiger partial charge in [0.15, 0.2) is 11.6 Å². The number of methoxy groups -OCH3 is 1. The van der Waals surface area contributed by atoms with Crippen molar-refractivity contribution in [1.82, 2.24) is 15.5 Å². The zero-order valence-corrected chi connectivity index (χ0v) is 15.8. The molecule has 5 nitrogen and oxygen atoms in total. The van der Waals surface area contributed by atoms with Gasteiger partial charge < -0.3 is 15.4 Å². The first-order valence-electron chi connectivity index (χ1n) is 9.23. The fraction of sp³-hybridized carbons (Fsp3) is 0.381.